The van der Waals surface area contributed by atoms with Gasteiger partial charge < -0.3 is 13.9 Å². The van der Waals surface area contributed by atoms with Gasteiger partial charge in [-0.1, -0.05) is 90.9 Å². The zero-order valence-electron chi connectivity index (χ0n) is 28.4. The third-order valence-corrected chi connectivity index (χ3v) is 7.57. The van der Waals surface area contributed by atoms with Crippen LogP contribution < -0.4 is 4.74 Å². The summed E-state index contributed by atoms with van der Waals surface area (Å²) in [6.45, 7) is 0. The fraction of sp³-hybridized carbons (Fsp3) is 0. The molecule has 0 amide bonds. The van der Waals surface area contributed by atoms with Crippen molar-refractivity contribution < 1.29 is 15.7 Å². The van der Waals surface area contributed by atoms with E-state index in [1.807, 2.05) is 54.6 Å². The molecule has 2 aromatic heterocycles. The van der Waals surface area contributed by atoms with Crippen molar-refractivity contribution in [3.05, 3.63) is 133 Å². The molecule has 6 aromatic carbocycles. The zero-order chi connectivity index (χ0) is 32.5. The van der Waals surface area contributed by atoms with Gasteiger partial charge in [0.05, 0.1) is 38.7 Å². The van der Waals surface area contributed by atoms with Crippen molar-refractivity contribution in [2.45, 2.75) is 0 Å². The summed E-state index contributed by atoms with van der Waals surface area (Å²) >= 11 is 0. The maximum atomic E-state index is 8.78. The zero-order valence-corrected chi connectivity index (χ0v) is 20.4. The molecule has 0 bridgehead atoms. The number of hydrogen-bond acceptors (Lipinski definition) is 1. The van der Waals surface area contributed by atoms with Crippen LogP contribution in [0.4, 0.5) is 0 Å². The molecule has 0 spiro atoms. The topological polar surface area (TPSA) is 19.1 Å². The Bertz CT molecular complexity index is 2620. The lowest BCUT2D eigenvalue weighted by Gasteiger charge is -2.23. The van der Waals surface area contributed by atoms with E-state index in [9.17, 15) is 0 Å². The van der Waals surface area contributed by atoms with Crippen LogP contribution in [0.25, 0.3) is 66.1 Å². The van der Waals surface area contributed by atoms with E-state index in [-0.39, 0.29) is 46.0 Å². The third-order valence-electron chi connectivity index (χ3n) is 7.57. The summed E-state index contributed by atoms with van der Waals surface area (Å²) in [5.41, 5.74) is 5.34. The number of nitrogens with zero attached hydrogens (tertiary/aromatic N) is 2. The molecule has 0 saturated heterocycles. The fourth-order valence-corrected chi connectivity index (χ4v) is 5.93. The SMILES string of the molecule is [2H]c1c([2H])c([2H])c2c(c1[2H])c1c([2H])c([2H])c([2H])c([2H])c1n2-c1ccc(-c2cccc3c2Oc2cccc4c5ccccc5n-3c24)cc1. The Kier molecular flexibility index (Phi) is 2.85. The van der Waals surface area contributed by atoms with Gasteiger partial charge >= 0.3 is 0 Å². The lowest BCUT2D eigenvalue weighted by Crippen LogP contribution is -2.05. The summed E-state index contributed by atoms with van der Waals surface area (Å²) in [6, 6.07) is 24.5. The van der Waals surface area contributed by atoms with Crippen LogP contribution in [0.2, 0.25) is 0 Å². The molecule has 182 valence electrons. The van der Waals surface area contributed by atoms with Crippen molar-refractivity contribution in [1.29, 1.82) is 0 Å². The van der Waals surface area contributed by atoms with Gasteiger partial charge in [0.2, 0.25) is 0 Å². The number of aromatic nitrogens is 2. The first-order valence-corrected chi connectivity index (χ1v) is 12.6. The van der Waals surface area contributed by atoms with E-state index in [0.717, 1.165) is 44.4 Å². The third kappa shape index (κ3) is 2.76. The Morgan fingerprint density at radius 3 is 2.03 bits per heavy atom. The van der Waals surface area contributed by atoms with Crippen LogP contribution >= 0.6 is 0 Å². The van der Waals surface area contributed by atoms with E-state index < -0.39 is 24.2 Å². The van der Waals surface area contributed by atoms with Crippen molar-refractivity contribution in [3.63, 3.8) is 0 Å². The van der Waals surface area contributed by atoms with E-state index in [4.69, 9.17) is 15.7 Å². The van der Waals surface area contributed by atoms with Crippen molar-refractivity contribution in [2.75, 3.05) is 0 Å². The first-order valence-electron chi connectivity index (χ1n) is 16.6. The van der Waals surface area contributed by atoms with Gasteiger partial charge in [0.25, 0.3) is 0 Å². The number of hydrogen-bond donors (Lipinski definition) is 0. The van der Waals surface area contributed by atoms with Crippen LogP contribution in [0, 0.1) is 0 Å². The van der Waals surface area contributed by atoms with E-state index in [0.29, 0.717) is 11.4 Å². The van der Waals surface area contributed by atoms with Crippen molar-refractivity contribution in [1.82, 2.24) is 9.13 Å². The van der Waals surface area contributed by atoms with Gasteiger partial charge in [0.15, 0.2) is 11.5 Å². The monoisotopic (exact) mass is 506 g/mol. The molecule has 0 atom stereocenters. The van der Waals surface area contributed by atoms with Crippen molar-refractivity contribution >= 4 is 43.6 Å². The number of fused-ring (bicyclic) bond motifs is 8. The smallest absolute Gasteiger partial charge is 0.159 e. The molecule has 0 unspecified atom stereocenters. The van der Waals surface area contributed by atoms with Crippen molar-refractivity contribution in [2.24, 2.45) is 0 Å². The minimum atomic E-state index is -0.465. The molecule has 1 aliphatic heterocycles. The molecule has 0 N–H and O–H groups in total. The Morgan fingerprint density at radius 2 is 1.23 bits per heavy atom. The molecule has 3 heteroatoms. The van der Waals surface area contributed by atoms with Crippen LogP contribution in [0.1, 0.15) is 11.0 Å². The maximum absolute atomic E-state index is 8.78. The summed E-state index contributed by atoms with van der Waals surface area (Å²) in [4.78, 5) is 0. The van der Waals surface area contributed by atoms with E-state index in [1.165, 1.54) is 4.57 Å². The Hall–Kier alpha value is -5.28. The van der Waals surface area contributed by atoms with Gasteiger partial charge in [-0.3, -0.25) is 0 Å². The van der Waals surface area contributed by atoms with Crippen LogP contribution in [0.3, 0.4) is 0 Å². The molecule has 0 saturated carbocycles. The standard InChI is InChI=1S/C36H22N2O/c1-4-14-30-26(9-1)27-10-2-5-15-31(27)37(30)24-21-19-23(20-22-24)25-12-7-17-33-36(25)39-34-18-8-13-29-28-11-3-6-16-32(28)38(33)35(29)34/h1-22H/i1D,2D,4D,5D,9D,10D,14D,15D. The highest BCUT2D eigenvalue weighted by molar-refractivity contribution is 6.12. The van der Waals surface area contributed by atoms with E-state index in [1.54, 1.807) is 12.1 Å². The summed E-state index contributed by atoms with van der Waals surface area (Å²) in [5.74, 6) is 1.45. The largest absolute Gasteiger partial charge is 0.452 e. The van der Waals surface area contributed by atoms with Crippen molar-refractivity contribution in [3.8, 4) is 34.0 Å². The molecule has 8 aromatic rings. The van der Waals surface area contributed by atoms with Crippen LogP contribution in [0.5, 0.6) is 11.5 Å². The first kappa shape index (κ1) is 14.6. The quantitative estimate of drug-likeness (QED) is 0.228. The highest BCUT2D eigenvalue weighted by Crippen LogP contribution is 2.48. The van der Waals surface area contributed by atoms with Crippen LogP contribution in [-0.4, -0.2) is 9.13 Å². The second kappa shape index (κ2) is 7.62. The van der Waals surface area contributed by atoms with E-state index in [2.05, 4.69) is 22.8 Å². The Labute approximate surface area is 236 Å². The fourth-order valence-electron chi connectivity index (χ4n) is 5.93. The van der Waals surface area contributed by atoms with E-state index >= 15 is 0 Å². The average molecular weight is 507 g/mol. The molecule has 3 nitrogen and oxygen atoms in total. The Morgan fingerprint density at radius 1 is 0.538 bits per heavy atom. The second-order valence-corrected chi connectivity index (χ2v) is 9.59. The number of benzene rings is 6. The predicted molar refractivity (Wildman–Crippen MR) is 161 cm³/mol. The van der Waals surface area contributed by atoms with Gasteiger partial charge in [-0.25, -0.2) is 0 Å². The molecule has 39 heavy (non-hydrogen) atoms. The molecule has 0 radical (unpaired) electrons. The molecule has 0 fully saturated rings. The number of para-hydroxylation sites is 5. The lowest BCUT2D eigenvalue weighted by molar-refractivity contribution is 0.478. The number of ether oxygens (including phenoxy) is 1. The lowest BCUT2D eigenvalue weighted by atomic mass is 10.0. The predicted octanol–water partition coefficient (Wildman–Crippen LogP) is 9.65. The molecule has 3 heterocycles. The minimum Gasteiger partial charge on any atom is -0.452 e. The van der Waals surface area contributed by atoms with Gasteiger partial charge in [0.1, 0.15) is 0 Å². The normalized spacial score (nSPS) is 15.2. The number of rotatable bonds is 2. The first-order chi connectivity index (χ1) is 22.7. The van der Waals surface area contributed by atoms with Gasteiger partial charge in [-0.05, 0) is 48.0 Å². The van der Waals surface area contributed by atoms with Crippen LogP contribution in [-0.2, 0) is 0 Å². The van der Waals surface area contributed by atoms with Gasteiger partial charge in [0, 0.05) is 32.8 Å². The highest BCUT2D eigenvalue weighted by atomic mass is 16.5. The Balaban J connectivity index is 1.28. The van der Waals surface area contributed by atoms with Crippen LogP contribution in [0.15, 0.2) is 133 Å². The van der Waals surface area contributed by atoms with Gasteiger partial charge in [-0.15, -0.1) is 0 Å². The summed E-state index contributed by atoms with van der Waals surface area (Å²) < 4.78 is 78.5. The highest BCUT2D eigenvalue weighted by Gasteiger charge is 2.25. The summed E-state index contributed by atoms with van der Waals surface area (Å²) in [7, 11) is 0. The molecule has 9 rings (SSSR count). The maximum Gasteiger partial charge on any atom is 0.159 e. The molecular weight excluding hydrogens is 476 g/mol. The second-order valence-electron chi connectivity index (χ2n) is 9.59. The summed E-state index contributed by atoms with van der Waals surface area (Å²) in [6.07, 6.45) is 0. The molecule has 0 aliphatic carbocycles. The minimum absolute atomic E-state index is 0.0523. The average Bonchev–Trinajstić information content (AvgIpc) is 3.64. The summed E-state index contributed by atoms with van der Waals surface area (Å²) in [5, 5.41) is 2.35. The van der Waals surface area contributed by atoms with Gasteiger partial charge in [-0.2, -0.15) is 0 Å². The molecular formula is C36H22N2O. The molecule has 1 aliphatic rings.